The molecule has 0 aliphatic heterocycles. The van der Waals surface area contributed by atoms with Crippen molar-refractivity contribution in [1.29, 1.82) is 0 Å². The Morgan fingerprint density at radius 1 is 1.21 bits per heavy atom. The van der Waals surface area contributed by atoms with Crippen LogP contribution in [0.15, 0.2) is 16.5 Å². The Labute approximate surface area is 120 Å². The van der Waals surface area contributed by atoms with Crippen LogP contribution in [0.1, 0.15) is 43.6 Å². The van der Waals surface area contributed by atoms with Crippen molar-refractivity contribution in [3.05, 3.63) is 34.0 Å². The summed E-state index contributed by atoms with van der Waals surface area (Å²) in [6.07, 6.45) is 3.24. The third-order valence-electron chi connectivity index (χ3n) is 3.38. The SMILES string of the molecule is CCCNCc1oc2c(C)ccc(Cl)c2c1CCC. The second kappa shape index (κ2) is 6.44. The quantitative estimate of drug-likeness (QED) is 0.765. The van der Waals surface area contributed by atoms with Gasteiger partial charge >= 0.3 is 0 Å². The van der Waals surface area contributed by atoms with Crippen LogP contribution >= 0.6 is 11.6 Å². The maximum absolute atomic E-state index is 6.36. The minimum Gasteiger partial charge on any atom is -0.459 e. The van der Waals surface area contributed by atoms with E-state index in [1.165, 1.54) is 5.56 Å². The summed E-state index contributed by atoms with van der Waals surface area (Å²) in [5.41, 5.74) is 3.37. The first-order chi connectivity index (χ1) is 9.19. The molecule has 3 heteroatoms. The second-order valence-corrected chi connectivity index (χ2v) is 5.41. The standard InChI is InChI=1S/C16H22ClNO/c1-4-6-12-14(10-18-9-5-2)19-16-11(3)7-8-13(17)15(12)16/h7-8,18H,4-6,9-10H2,1-3H3. The van der Waals surface area contributed by atoms with Crippen molar-refractivity contribution in [2.24, 2.45) is 0 Å². The van der Waals surface area contributed by atoms with E-state index in [1.807, 2.05) is 12.1 Å². The Morgan fingerprint density at radius 2 is 2.00 bits per heavy atom. The van der Waals surface area contributed by atoms with Crippen molar-refractivity contribution in [2.75, 3.05) is 6.54 Å². The maximum atomic E-state index is 6.36. The topological polar surface area (TPSA) is 25.2 Å². The highest BCUT2D eigenvalue weighted by Gasteiger charge is 2.17. The number of hydrogen-bond acceptors (Lipinski definition) is 2. The second-order valence-electron chi connectivity index (χ2n) is 5.00. The Hall–Kier alpha value is -0.990. The lowest BCUT2D eigenvalue weighted by Gasteiger charge is -2.03. The highest BCUT2D eigenvalue weighted by molar-refractivity contribution is 6.35. The van der Waals surface area contributed by atoms with Gasteiger partial charge < -0.3 is 9.73 Å². The van der Waals surface area contributed by atoms with Gasteiger partial charge in [0.15, 0.2) is 0 Å². The molecular formula is C16H22ClNO. The third-order valence-corrected chi connectivity index (χ3v) is 3.69. The predicted molar refractivity (Wildman–Crippen MR) is 82.0 cm³/mol. The van der Waals surface area contributed by atoms with Gasteiger partial charge in [-0.2, -0.15) is 0 Å². The van der Waals surface area contributed by atoms with Crippen LogP contribution in [0.3, 0.4) is 0 Å². The molecule has 0 radical (unpaired) electrons. The summed E-state index contributed by atoms with van der Waals surface area (Å²) >= 11 is 6.36. The number of furan rings is 1. The molecule has 2 rings (SSSR count). The molecule has 0 bridgehead atoms. The van der Waals surface area contributed by atoms with Gasteiger partial charge in [-0.05, 0) is 37.9 Å². The summed E-state index contributed by atoms with van der Waals surface area (Å²) in [4.78, 5) is 0. The third kappa shape index (κ3) is 2.96. The first-order valence-corrected chi connectivity index (χ1v) is 7.46. The fraction of sp³-hybridized carbons (Fsp3) is 0.500. The fourth-order valence-electron chi connectivity index (χ4n) is 2.44. The number of halogens is 1. The van der Waals surface area contributed by atoms with Crippen molar-refractivity contribution >= 4 is 22.6 Å². The minimum absolute atomic E-state index is 0.785. The van der Waals surface area contributed by atoms with Gasteiger partial charge in [0.1, 0.15) is 11.3 Å². The van der Waals surface area contributed by atoms with E-state index < -0.39 is 0 Å². The number of benzene rings is 1. The molecule has 0 saturated heterocycles. The first kappa shape index (κ1) is 14.4. The average Bonchev–Trinajstić information content (AvgIpc) is 2.75. The summed E-state index contributed by atoms with van der Waals surface area (Å²) in [5, 5.41) is 5.32. The molecule has 0 amide bonds. The molecule has 2 nitrogen and oxygen atoms in total. The van der Waals surface area contributed by atoms with Crippen LogP contribution in [0.5, 0.6) is 0 Å². The minimum atomic E-state index is 0.785. The maximum Gasteiger partial charge on any atom is 0.139 e. The fourth-order valence-corrected chi connectivity index (χ4v) is 2.70. The van der Waals surface area contributed by atoms with Gasteiger partial charge in [-0.1, -0.05) is 37.9 Å². The van der Waals surface area contributed by atoms with Gasteiger partial charge in [-0.3, -0.25) is 0 Å². The lowest BCUT2D eigenvalue weighted by atomic mass is 10.0. The van der Waals surface area contributed by atoms with Gasteiger partial charge in [0.2, 0.25) is 0 Å². The van der Waals surface area contributed by atoms with E-state index in [0.29, 0.717) is 0 Å². The zero-order chi connectivity index (χ0) is 13.8. The molecule has 0 unspecified atom stereocenters. The molecule has 0 aliphatic rings. The van der Waals surface area contributed by atoms with Crippen LogP contribution in [0.2, 0.25) is 5.02 Å². The van der Waals surface area contributed by atoms with E-state index in [1.54, 1.807) is 0 Å². The van der Waals surface area contributed by atoms with Crippen molar-refractivity contribution < 1.29 is 4.42 Å². The summed E-state index contributed by atoms with van der Waals surface area (Å²) in [7, 11) is 0. The van der Waals surface area contributed by atoms with Gasteiger partial charge in [0.25, 0.3) is 0 Å². The molecule has 2 aromatic rings. The molecule has 1 N–H and O–H groups in total. The zero-order valence-corrected chi connectivity index (χ0v) is 12.7. The van der Waals surface area contributed by atoms with E-state index in [9.17, 15) is 0 Å². The summed E-state index contributed by atoms with van der Waals surface area (Å²) < 4.78 is 6.06. The highest BCUT2D eigenvalue weighted by Crippen LogP contribution is 2.34. The Bertz CT molecular complexity index is 559. The van der Waals surface area contributed by atoms with Gasteiger partial charge in [-0.25, -0.2) is 0 Å². The number of rotatable bonds is 6. The van der Waals surface area contributed by atoms with Crippen molar-refractivity contribution in [3.63, 3.8) is 0 Å². The van der Waals surface area contributed by atoms with Gasteiger partial charge in [-0.15, -0.1) is 0 Å². The molecule has 0 atom stereocenters. The van der Waals surface area contributed by atoms with Crippen LogP contribution in [0, 0.1) is 6.92 Å². The summed E-state index contributed by atoms with van der Waals surface area (Å²) in [6, 6.07) is 3.99. The summed E-state index contributed by atoms with van der Waals surface area (Å²) in [6.45, 7) is 8.22. The number of fused-ring (bicyclic) bond motifs is 1. The van der Waals surface area contributed by atoms with E-state index >= 15 is 0 Å². The number of hydrogen-bond donors (Lipinski definition) is 1. The molecule has 0 spiro atoms. The van der Waals surface area contributed by atoms with Gasteiger partial charge in [0.05, 0.1) is 11.6 Å². The lowest BCUT2D eigenvalue weighted by molar-refractivity contribution is 0.505. The largest absolute Gasteiger partial charge is 0.459 e. The van der Waals surface area contributed by atoms with E-state index in [-0.39, 0.29) is 0 Å². The van der Waals surface area contributed by atoms with E-state index in [2.05, 4.69) is 26.1 Å². The average molecular weight is 280 g/mol. The molecule has 104 valence electrons. The molecule has 1 aromatic carbocycles. The van der Waals surface area contributed by atoms with Crippen LogP contribution in [0.4, 0.5) is 0 Å². The van der Waals surface area contributed by atoms with Crippen molar-refractivity contribution in [3.8, 4) is 0 Å². The predicted octanol–water partition coefficient (Wildman–Crippen LogP) is 4.85. The lowest BCUT2D eigenvalue weighted by Crippen LogP contribution is -2.14. The molecule has 0 saturated carbocycles. The smallest absolute Gasteiger partial charge is 0.139 e. The Kier molecular flexibility index (Phi) is 4.89. The molecule has 1 aromatic heterocycles. The molecule has 1 heterocycles. The van der Waals surface area contributed by atoms with Crippen LogP contribution in [-0.2, 0) is 13.0 Å². The molecule has 0 aliphatic carbocycles. The first-order valence-electron chi connectivity index (χ1n) is 7.09. The van der Waals surface area contributed by atoms with Crippen LogP contribution in [-0.4, -0.2) is 6.54 Å². The van der Waals surface area contributed by atoms with Crippen molar-refractivity contribution in [2.45, 2.75) is 46.6 Å². The zero-order valence-electron chi connectivity index (χ0n) is 12.0. The monoisotopic (exact) mass is 279 g/mol. The number of aryl methyl sites for hydroxylation is 2. The van der Waals surface area contributed by atoms with Crippen molar-refractivity contribution in [1.82, 2.24) is 5.32 Å². The molecule has 19 heavy (non-hydrogen) atoms. The summed E-state index contributed by atoms with van der Waals surface area (Å²) in [5.74, 6) is 1.04. The van der Waals surface area contributed by atoms with Crippen LogP contribution < -0.4 is 5.32 Å². The Morgan fingerprint density at radius 3 is 2.68 bits per heavy atom. The van der Waals surface area contributed by atoms with Crippen LogP contribution in [0.25, 0.3) is 11.0 Å². The normalized spacial score (nSPS) is 11.4. The molecular weight excluding hydrogens is 258 g/mol. The highest BCUT2D eigenvalue weighted by atomic mass is 35.5. The Balaban J connectivity index is 2.47. The number of nitrogens with one attached hydrogen (secondary N) is 1. The van der Waals surface area contributed by atoms with E-state index in [0.717, 1.165) is 59.7 Å². The van der Waals surface area contributed by atoms with Gasteiger partial charge in [0, 0.05) is 10.9 Å². The van der Waals surface area contributed by atoms with E-state index in [4.69, 9.17) is 16.0 Å². The molecule has 0 fully saturated rings.